The highest BCUT2D eigenvalue weighted by molar-refractivity contribution is 5.89. The molecule has 1 fully saturated rings. The number of Topliss-reactive ketones (excluding diaryl/α,β-unsaturated/α-hetero) is 1. The van der Waals surface area contributed by atoms with E-state index < -0.39 is 5.60 Å². The topological polar surface area (TPSA) is 40.5 Å². The van der Waals surface area contributed by atoms with Crippen LogP contribution in [0.3, 0.4) is 0 Å². The van der Waals surface area contributed by atoms with Crippen molar-refractivity contribution in [2.24, 2.45) is 5.92 Å². The molecule has 0 aromatic heterocycles. The minimum atomic E-state index is -1.31. The van der Waals surface area contributed by atoms with Gasteiger partial charge in [-0.1, -0.05) is 36.3 Å². The summed E-state index contributed by atoms with van der Waals surface area (Å²) in [4.78, 5) is 14.5. The number of hydrogen-bond donors (Lipinski definition) is 1. The number of hydrogen-bond acceptors (Lipinski definition) is 3. The molecule has 112 valence electrons. The maximum absolute atomic E-state index is 12.5. The maximum Gasteiger partial charge on any atom is 0.170 e. The van der Waals surface area contributed by atoms with Gasteiger partial charge in [-0.05, 0) is 38.4 Å². The molecule has 1 N–H and O–H groups in total. The monoisotopic (exact) mass is 285 g/mol. The average Bonchev–Trinajstić information content (AvgIpc) is 3.31. The zero-order chi connectivity index (χ0) is 15.3. The number of carbonyl (C=O) groups excluding carboxylic acids is 1. The summed E-state index contributed by atoms with van der Waals surface area (Å²) in [5, 5.41) is 10.9. The van der Waals surface area contributed by atoms with Crippen LogP contribution < -0.4 is 0 Å². The SMILES string of the molecule is CN(C)CC#CCCC(=O)[C@@](O)(c1ccccc1)C1CC1. The van der Waals surface area contributed by atoms with Crippen molar-refractivity contribution in [2.75, 3.05) is 20.6 Å². The number of aliphatic hydroxyl groups is 1. The van der Waals surface area contributed by atoms with Crippen molar-refractivity contribution in [1.29, 1.82) is 0 Å². The summed E-state index contributed by atoms with van der Waals surface area (Å²) in [6.07, 6.45) is 2.66. The van der Waals surface area contributed by atoms with Crippen LogP contribution in [0.4, 0.5) is 0 Å². The molecule has 0 spiro atoms. The van der Waals surface area contributed by atoms with E-state index in [0.29, 0.717) is 19.4 Å². The van der Waals surface area contributed by atoms with Gasteiger partial charge in [0.15, 0.2) is 11.4 Å². The minimum Gasteiger partial charge on any atom is -0.377 e. The number of carbonyl (C=O) groups is 1. The van der Waals surface area contributed by atoms with E-state index in [1.165, 1.54) is 0 Å². The van der Waals surface area contributed by atoms with Crippen LogP contribution >= 0.6 is 0 Å². The smallest absolute Gasteiger partial charge is 0.170 e. The van der Waals surface area contributed by atoms with Crippen LogP contribution in [0.25, 0.3) is 0 Å². The molecule has 1 aliphatic rings. The molecule has 1 atom stereocenters. The Balaban J connectivity index is 2.01. The van der Waals surface area contributed by atoms with Gasteiger partial charge in [0.2, 0.25) is 0 Å². The first kappa shape index (κ1) is 15.8. The molecule has 0 saturated heterocycles. The Labute approximate surface area is 127 Å². The highest BCUT2D eigenvalue weighted by Crippen LogP contribution is 2.46. The van der Waals surface area contributed by atoms with Crippen LogP contribution in [-0.4, -0.2) is 36.4 Å². The van der Waals surface area contributed by atoms with Crippen molar-refractivity contribution in [3.05, 3.63) is 35.9 Å². The molecular weight excluding hydrogens is 262 g/mol. The molecule has 0 bridgehead atoms. The lowest BCUT2D eigenvalue weighted by Gasteiger charge is -2.27. The molecule has 1 aromatic carbocycles. The molecule has 0 aliphatic heterocycles. The third kappa shape index (κ3) is 3.93. The quantitative estimate of drug-likeness (QED) is 0.815. The zero-order valence-corrected chi connectivity index (χ0v) is 12.8. The van der Waals surface area contributed by atoms with E-state index >= 15 is 0 Å². The van der Waals surface area contributed by atoms with E-state index in [9.17, 15) is 9.90 Å². The van der Waals surface area contributed by atoms with E-state index in [0.717, 1.165) is 18.4 Å². The van der Waals surface area contributed by atoms with Crippen molar-refractivity contribution in [1.82, 2.24) is 4.90 Å². The Morgan fingerprint density at radius 2 is 1.95 bits per heavy atom. The van der Waals surface area contributed by atoms with Gasteiger partial charge in [-0.2, -0.15) is 0 Å². The van der Waals surface area contributed by atoms with Crippen molar-refractivity contribution in [2.45, 2.75) is 31.3 Å². The van der Waals surface area contributed by atoms with Gasteiger partial charge in [-0.15, -0.1) is 5.92 Å². The van der Waals surface area contributed by atoms with E-state index in [-0.39, 0.29) is 11.7 Å². The standard InChI is InChI=1S/C18H23NO2/c1-19(2)14-8-4-7-11-17(20)18(21,16-12-13-16)15-9-5-3-6-10-15/h3,5-6,9-10,16,21H,7,11-14H2,1-2H3/t18-/m1/s1. The van der Waals surface area contributed by atoms with Gasteiger partial charge >= 0.3 is 0 Å². The Morgan fingerprint density at radius 3 is 2.52 bits per heavy atom. The van der Waals surface area contributed by atoms with Crippen LogP contribution in [0, 0.1) is 17.8 Å². The Bertz CT molecular complexity index is 537. The van der Waals surface area contributed by atoms with Crippen LogP contribution in [0.5, 0.6) is 0 Å². The highest BCUT2D eigenvalue weighted by Gasteiger charge is 2.49. The van der Waals surface area contributed by atoms with Gasteiger partial charge in [-0.25, -0.2) is 0 Å². The van der Waals surface area contributed by atoms with Gasteiger partial charge in [0.25, 0.3) is 0 Å². The summed E-state index contributed by atoms with van der Waals surface area (Å²) >= 11 is 0. The van der Waals surface area contributed by atoms with Crippen LogP contribution in [0.2, 0.25) is 0 Å². The number of benzene rings is 1. The minimum absolute atomic E-state index is 0.0714. The number of nitrogens with zero attached hydrogens (tertiary/aromatic N) is 1. The third-order valence-electron chi connectivity index (χ3n) is 3.80. The molecule has 2 rings (SSSR count). The molecule has 3 heteroatoms. The van der Waals surface area contributed by atoms with E-state index in [2.05, 4.69) is 11.8 Å². The number of rotatable bonds is 6. The van der Waals surface area contributed by atoms with Gasteiger partial charge in [0.05, 0.1) is 6.54 Å². The molecule has 0 unspecified atom stereocenters. The lowest BCUT2D eigenvalue weighted by Crippen LogP contribution is -2.38. The highest BCUT2D eigenvalue weighted by atomic mass is 16.3. The molecule has 1 saturated carbocycles. The summed E-state index contributed by atoms with van der Waals surface area (Å²) < 4.78 is 0. The second-order valence-corrected chi connectivity index (χ2v) is 5.92. The molecule has 0 heterocycles. The summed E-state index contributed by atoms with van der Waals surface area (Å²) in [5.41, 5.74) is -0.594. The molecular formula is C18H23NO2. The molecule has 1 aliphatic carbocycles. The summed E-state index contributed by atoms with van der Waals surface area (Å²) in [6, 6.07) is 9.32. The molecule has 0 amide bonds. The van der Waals surface area contributed by atoms with Crippen LogP contribution in [-0.2, 0) is 10.4 Å². The second kappa shape index (κ2) is 6.89. The lowest BCUT2D eigenvalue weighted by molar-refractivity contribution is -0.140. The van der Waals surface area contributed by atoms with Crippen molar-refractivity contribution in [3.8, 4) is 11.8 Å². The largest absolute Gasteiger partial charge is 0.377 e. The molecule has 1 aromatic rings. The summed E-state index contributed by atoms with van der Waals surface area (Å²) in [6.45, 7) is 0.694. The van der Waals surface area contributed by atoms with Gasteiger partial charge in [0, 0.05) is 12.8 Å². The Hall–Kier alpha value is -1.63. The predicted octanol–water partition coefficient (Wildman–Crippen LogP) is 2.20. The van der Waals surface area contributed by atoms with Crippen molar-refractivity contribution in [3.63, 3.8) is 0 Å². The predicted molar refractivity (Wildman–Crippen MR) is 83.6 cm³/mol. The molecule has 0 radical (unpaired) electrons. The average molecular weight is 285 g/mol. The van der Waals surface area contributed by atoms with Gasteiger partial charge in [0.1, 0.15) is 0 Å². The zero-order valence-electron chi connectivity index (χ0n) is 12.8. The van der Waals surface area contributed by atoms with Gasteiger partial charge in [-0.3, -0.25) is 9.69 Å². The summed E-state index contributed by atoms with van der Waals surface area (Å²) in [7, 11) is 3.92. The van der Waals surface area contributed by atoms with Crippen LogP contribution in [0.1, 0.15) is 31.2 Å². The van der Waals surface area contributed by atoms with E-state index in [4.69, 9.17) is 0 Å². The normalized spacial score (nSPS) is 17.0. The van der Waals surface area contributed by atoms with Crippen molar-refractivity contribution < 1.29 is 9.90 Å². The fraction of sp³-hybridized carbons (Fsp3) is 0.500. The van der Waals surface area contributed by atoms with E-state index in [1.807, 2.05) is 49.3 Å². The maximum atomic E-state index is 12.5. The Kier molecular flexibility index (Phi) is 5.17. The van der Waals surface area contributed by atoms with Crippen LogP contribution in [0.15, 0.2) is 30.3 Å². The Morgan fingerprint density at radius 1 is 1.29 bits per heavy atom. The van der Waals surface area contributed by atoms with E-state index in [1.54, 1.807) is 0 Å². The first-order valence-corrected chi connectivity index (χ1v) is 7.46. The fourth-order valence-corrected chi connectivity index (χ4v) is 2.49. The molecule has 21 heavy (non-hydrogen) atoms. The summed E-state index contributed by atoms with van der Waals surface area (Å²) in [5.74, 6) is 6.00. The number of ketones is 1. The fourth-order valence-electron chi connectivity index (χ4n) is 2.49. The second-order valence-electron chi connectivity index (χ2n) is 5.92. The molecule has 3 nitrogen and oxygen atoms in total. The van der Waals surface area contributed by atoms with Gasteiger partial charge < -0.3 is 5.11 Å². The van der Waals surface area contributed by atoms with Crippen molar-refractivity contribution >= 4 is 5.78 Å². The first-order valence-electron chi connectivity index (χ1n) is 7.46. The first-order chi connectivity index (χ1) is 10.0. The lowest BCUT2D eigenvalue weighted by atomic mass is 9.83. The third-order valence-corrected chi connectivity index (χ3v) is 3.80.